The normalized spacial score (nSPS) is 12.0. The van der Waals surface area contributed by atoms with Gasteiger partial charge < -0.3 is 4.74 Å². The number of hydrogen-bond acceptors (Lipinski definition) is 1. The predicted molar refractivity (Wildman–Crippen MR) is 78.3 cm³/mol. The Balaban J connectivity index is 3.26. The smallest absolute Gasteiger partial charge is 0.126 e. The van der Waals surface area contributed by atoms with E-state index in [0.717, 1.165) is 11.1 Å². The van der Waals surface area contributed by atoms with E-state index in [-0.39, 0.29) is 11.5 Å². The Morgan fingerprint density at radius 2 is 1.82 bits per heavy atom. The van der Waals surface area contributed by atoms with Gasteiger partial charge in [0.2, 0.25) is 0 Å². The van der Waals surface area contributed by atoms with Crippen LogP contribution in [0.25, 0.3) is 0 Å². The number of aryl methyl sites for hydroxylation is 1. The van der Waals surface area contributed by atoms with Crippen molar-refractivity contribution in [1.82, 2.24) is 0 Å². The van der Waals surface area contributed by atoms with Gasteiger partial charge in [-0.25, -0.2) is 0 Å². The highest BCUT2D eigenvalue weighted by Crippen LogP contribution is 2.33. The van der Waals surface area contributed by atoms with Gasteiger partial charge in [0.15, 0.2) is 0 Å². The van der Waals surface area contributed by atoms with Crippen molar-refractivity contribution in [3.8, 4) is 5.75 Å². The molecule has 0 aliphatic carbocycles. The third-order valence-electron chi connectivity index (χ3n) is 2.72. The molecule has 0 aliphatic heterocycles. The van der Waals surface area contributed by atoms with E-state index in [1.165, 1.54) is 16.7 Å². The highest BCUT2D eigenvalue weighted by atomic mass is 79.9. The molecule has 0 spiro atoms. The average molecular weight is 299 g/mol. The molecule has 1 aromatic rings. The first-order chi connectivity index (χ1) is 7.75. The fourth-order valence-electron chi connectivity index (χ4n) is 1.78. The molecule has 0 atom stereocenters. The number of halogens is 1. The molecular formula is C15H23BrO. The van der Waals surface area contributed by atoms with Crippen molar-refractivity contribution in [1.29, 1.82) is 0 Å². The lowest BCUT2D eigenvalue weighted by molar-refractivity contribution is 0.239. The molecule has 0 unspecified atom stereocenters. The van der Waals surface area contributed by atoms with Crippen LogP contribution in [0, 0.1) is 6.92 Å². The first kappa shape index (κ1) is 14.6. The zero-order valence-electron chi connectivity index (χ0n) is 11.7. The molecule has 0 saturated heterocycles. The zero-order valence-corrected chi connectivity index (χ0v) is 13.3. The number of benzene rings is 1. The summed E-state index contributed by atoms with van der Waals surface area (Å²) in [6.07, 6.45) is 0.215. The predicted octanol–water partition coefficient (Wildman–Crippen LogP) is 4.97. The molecule has 17 heavy (non-hydrogen) atoms. The molecule has 1 rings (SSSR count). The van der Waals surface area contributed by atoms with Crippen molar-refractivity contribution < 1.29 is 4.74 Å². The van der Waals surface area contributed by atoms with Crippen LogP contribution in [-0.4, -0.2) is 6.10 Å². The minimum atomic E-state index is 0.179. The van der Waals surface area contributed by atoms with E-state index in [2.05, 4.69) is 69.6 Å². The molecule has 1 aromatic carbocycles. The Labute approximate surface area is 114 Å². The fraction of sp³-hybridized carbons (Fsp3) is 0.600. The van der Waals surface area contributed by atoms with Crippen LogP contribution in [0.3, 0.4) is 0 Å². The van der Waals surface area contributed by atoms with Crippen LogP contribution in [0.2, 0.25) is 0 Å². The van der Waals surface area contributed by atoms with Gasteiger partial charge in [-0.2, -0.15) is 0 Å². The molecular weight excluding hydrogens is 276 g/mol. The highest BCUT2D eigenvalue weighted by Gasteiger charge is 2.18. The SMILES string of the molecule is Cc1cc(C(C)(C)C)cc(CBr)c1OC(C)C. The molecule has 1 nitrogen and oxygen atoms in total. The molecule has 0 saturated carbocycles. The third kappa shape index (κ3) is 3.74. The molecule has 96 valence electrons. The standard InChI is InChI=1S/C15H23BrO/c1-10(2)17-14-11(3)7-13(15(4,5)6)8-12(14)9-16/h7-8,10H,9H2,1-6H3. The van der Waals surface area contributed by atoms with E-state index in [9.17, 15) is 0 Å². The van der Waals surface area contributed by atoms with Crippen molar-refractivity contribution >= 4 is 15.9 Å². The molecule has 0 aliphatic rings. The quantitative estimate of drug-likeness (QED) is 0.716. The summed E-state index contributed by atoms with van der Waals surface area (Å²) in [4.78, 5) is 0. The molecule has 0 fully saturated rings. The van der Waals surface area contributed by atoms with Crippen LogP contribution in [-0.2, 0) is 10.7 Å². The Morgan fingerprint density at radius 1 is 1.24 bits per heavy atom. The van der Waals surface area contributed by atoms with Gasteiger partial charge in [-0.05, 0) is 37.3 Å². The summed E-state index contributed by atoms with van der Waals surface area (Å²) in [6.45, 7) is 13.0. The summed E-state index contributed by atoms with van der Waals surface area (Å²) in [5.74, 6) is 1.03. The van der Waals surface area contributed by atoms with Crippen LogP contribution in [0.15, 0.2) is 12.1 Å². The summed E-state index contributed by atoms with van der Waals surface area (Å²) in [6, 6.07) is 4.49. The lowest BCUT2D eigenvalue weighted by Gasteiger charge is -2.23. The van der Waals surface area contributed by atoms with E-state index in [4.69, 9.17) is 4.74 Å². The van der Waals surface area contributed by atoms with Gasteiger partial charge in [0.1, 0.15) is 5.75 Å². The summed E-state index contributed by atoms with van der Waals surface area (Å²) < 4.78 is 5.90. The molecule has 0 N–H and O–H groups in total. The number of rotatable bonds is 3. The highest BCUT2D eigenvalue weighted by molar-refractivity contribution is 9.08. The van der Waals surface area contributed by atoms with E-state index >= 15 is 0 Å². The van der Waals surface area contributed by atoms with Gasteiger partial charge in [0.25, 0.3) is 0 Å². The van der Waals surface area contributed by atoms with Gasteiger partial charge >= 0.3 is 0 Å². The minimum absolute atomic E-state index is 0.179. The van der Waals surface area contributed by atoms with Gasteiger partial charge in [0, 0.05) is 10.9 Å². The third-order valence-corrected chi connectivity index (χ3v) is 3.32. The van der Waals surface area contributed by atoms with Crippen LogP contribution >= 0.6 is 15.9 Å². The lowest BCUT2D eigenvalue weighted by Crippen LogP contribution is -2.14. The maximum atomic E-state index is 5.90. The molecule has 0 aromatic heterocycles. The van der Waals surface area contributed by atoms with Crippen molar-refractivity contribution in [2.45, 2.75) is 58.4 Å². The summed E-state index contributed by atoms with van der Waals surface area (Å²) in [7, 11) is 0. The summed E-state index contributed by atoms with van der Waals surface area (Å²) >= 11 is 3.55. The molecule has 0 amide bonds. The second-order valence-electron chi connectivity index (χ2n) is 5.83. The van der Waals surface area contributed by atoms with E-state index < -0.39 is 0 Å². The van der Waals surface area contributed by atoms with Gasteiger partial charge in [-0.3, -0.25) is 0 Å². The Kier molecular flexibility index (Phi) is 4.65. The molecule has 2 heteroatoms. The van der Waals surface area contributed by atoms with Gasteiger partial charge in [0.05, 0.1) is 6.10 Å². The largest absolute Gasteiger partial charge is 0.490 e. The first-order valence-electron chi connectivity index (χ1n) is 6.12. The van der Waals surface area contributed by atoms with Gasteiger partial charge in [-0.15, -0.1) is 0 Å². The summed E-state index contributed by atoms with van der Waals surface area (Å²) in [5.41, 5.74) is 4.00. The second kappa shape index (κ2) is 5.43. The maximum Gasteiger partial charge on any atom is 0.126 e. The van der Waals surface area contributed by atoms with E-state index in [1.54, 1.807) is 0 Å². The average Bonchev–Trinajstić information content (AvgIpc) is 2.18. The zero-order chi connectivity index (χ0) is 13.2. The fourth-order valence-corrected chi connectivity index (χ4v) is 2.20. The number of ether oxygens (including phenoxy) is 1. The van der Waals surface area contributed by atoms with Gasteiger partial charge in [-0.1, -0.05) is 48.8 Å². The minimum Gasteiger partial charge on any atom is -0.490 e. The van der Waals surface area contributed by atoms with Crippen LogP contribution < -0.4 is 4.74 Å². The Hall–Kier alpha value is -0.500. The monoisotopic (exact) mass is 298 g/mol. The van der Waals surface area contributed by atoms with Crippen LogP contribution in [0.1, 0.15) is 51.3 Å². The molecule has 0 heterocycles. The van der Waals surface area contributed by atoms with Crippen LogP contribution in [0.5, 0.6) is 5.75 Å². The summed E-state index contributed by atoms with van der Waals surface area (Å²) in [5, 5.41) is 0.833. The maximum absolute atomic E-state index is 5.90. The lowest BCUT2D eigenvalue weighted by atomic mass is 9.85. The Morgan fingerprint density at radius 3 is 2.24 bits per heavy atom. The molecule has 0 bridgehead atoms. The van der Waals surface area contributed by atoms with E-state index in [0.29, 0.717) is 0 Å². The van der Waals surface area contributed by atoms with Crippen molar-refractivity contribution in [3.05, 3.63) is 28.8 Å². The topological polar surface area (TPSA) is 9.23 Å². The first-order valence-corrected chi connectivity index (χ1v) is 7.24. The Bertz CT molecular complexity index is 389. The molecule has 0 radical (unpaired) electrons. The number of alkyl halides is 1. The van der Waals surface area contributed by atoms with Crippen molar-refractivity contribution in [2.24, 2.45) is 0 Å². The van der Waals surface area contributed by atoms with Crippen molar-refractivity contribution in [2.75, 3.05) is 0 Å². The van der Waals surface area contributed by atoms with Crippen molar-refractivity contribution in [3.63, 3.8) is 0 Å². The van der Waals surface area contributed by atoms with E-state index in [1.807, 2.05) is 0 Å². The van der Waals surface area contributed by atoms with Crippen LogP contribution in [0.4, 0.5) is 0 Å². The number of hydrogen-bond donors (Lipinski definition) is 0. The second-order valence-corrected chi connectivity index (χ2v) is 6.39.